The van der Waals surface area contributed by atoms with E-state index < -0.39 is 11.5 Å². The number of rotatable bonds is 4. The molecule has 1 heterocycles. The molecule has 1 aromatic heterocycles. The number of carbonyl (C=O) groups is 1. The van der Waals surface area contributed by atoms with Crippen molar-refractivity contribution in [2.24, 2.45) is 0 Å². The number of hydrogen-bond donors (Lipinski definition) is 1. The van der Waals surface area contributed by atoms with Gasteiger partial charge in [0, 0.05) is 10.9 Å². The first kappa shape index (κ1) is 19.5. The molecule has 0 fully saturated rings. The van der Waals surface area contributed by atoms with Crippen molar-refractivity contribution in [1.82, 2.24) is 0 Å². The number of amides is 1. The van der Waals surface area contributed by atoms with Gasteiger partial charge in [0.1, 0.15) is 5.75 Å². The van der Waals surface area contributed by atoms with Gasteiger partial charge in [0.25, 0.3) is 5.91 Å². The van der Waals surface area contributed by atoms with Crippen LogP contribution in [0.3, 0.4) is 0 Å². The minimum Gasteiger partial charge on any atom is -0.495 e. The molecule has 5 heteroatoms. The Morgan fingerprint density at radius 1 is 0.900 bits per heavy atom. The molecule has 0 bridgehead atoms. The van der Waals surface area contributed by atoms with Crippen LogP contribution in [0.2, 0.25) is 0 Å². The molecule has 4 aromatic rings. The van der Waals surface area contributed by atoms with Gasteiger partial charge in [-0.25, -0.2) is 4.79 Å². The molecule has 30 heavy (non-hydrogen) atoms. The fraction of sp³-hybridized carbons (Fsp3) is 0.120. The van der Waals surface area contributed by atoms with E-state index in [0.717, 1.165) is 16.7 Å². The lowest BCUT2D eigenvalue weighted by Gasteiger charge is -2.14. The number of hydrogen-bond acceptors (Lipinski definition) is 4. The number of carbonyl (C=O) groups excluding carboxylic acids is 1. The van der Waals surface area contributed by atoms with Gasteiger partial charge in [0.05, 0.1) is 18.2 Å². The van der Waals surface area contributed by atoms with Crippen LogP contribution in [0.5, 0.6) is 5.75 Å². The molecule has 0 spiro atoms. The summed E-state index contributed by atoms with van der Waals surface area (Å²) in [5, 5.41) is 3.93. The summed E-state index contributed by atoms with van der Waals surface area (Å²) >= 11 is 0. The summed E-state index contributed by atoms with van der Waals surface area (Å²) in [4.78, 5) is 25.9. The summed E-state index contributed by atoms with van der Waals surface area (Å²) in [6.07, 6.45) is 0. The zero-order chi connectivity index (χ0) is 21.3. The second-order valence-electron chi connectivity index (χ2n) is 7.16. The van der Waals surface area contributed by atoms with Crippen LogP contribution < -0.4 is 15.7 Å². The average Bonchev–Trinajstić information content (AvgIpc) is 2.75. The molecule has 0 aliphatic carbocycles. The van der Waals surface area contributed by atoms with E-state index >= 15 is 0 Å². The highest BCUT2D eigenvalue weighted by Crippen LogP contribution is 2.32. The van der Waals surface area contributed by atoms with E-state index in [-0.39, 0.29) is 5.76 Å². The lowest BCUT2D eigenvalue weighted by molar-refractivity contribution is 0.0993. The third-order valence-corrected chi connectivity index (χ3v) is 4.99. The minimum atomic E-state index is -0.553. The van der Waals surface area contributed by atoms with Crippen molar-refractivity contribution in [3.05, 3.63) is 94.0 Å². The number of fused-ring (bicyclic) bond motifs is 1. The molecular formula is C25H21NO4. The largest absolute Gasteiger partial charge is 0.495 e. The van der Waals surface area contributed by atoms with Crippen LogP contribution in [0, 0.1) is 13.8 Å². The zero-order valence-corrected chi connectivity index (χ0v) is 17.0. The Morgan fingerprint density at radius 3 is 2.27 bits per heavy atom. The highest BCUT2D eigenvalue weighted by Gasteiger charge is 2.22. The number of methoxy groups -OCH3 is 1. The topological polar surface area (TPSA) is 68.5 Å². The molecule has 3 aromatic carbocycles. The summed E-state index contributed by atoms with van der Waals surface area (Å²) in [5.74, 6) is -0.0302. The second-order valence-corrected chi connectivity index (χ2v) is 7.16. The SMILES string of the molecule is COc1ccc(C)cc1NC(=O)c1oc(=O)c2ccccc2c1-c1ccc(C)cc1. The predicted molar refractivity (Wildman–Crippen MR) is 118 cm³/mol. The molecule has 4 rings (SSSR count). The third kappa shape index (κ3) is 3.57. The van der Waals surface area contributed by atoms with Gasteiger partial charge < -0.3 is 14.5 Å². The monoisotopic (exact) mass is 399 g/mol. The maximum Gasteiger partial charge on any atom is 0.344 e. The van der Waals surface area contributed by atoms with Crippen LogP contribution in [0.15, 0.2) is 75.9 Å². The van der Waals surface area contributed by atoms with E-state index in [9.17, 15) is 9.59 Å². The normalized spacial score (nSPS) is 10.8. The molecule has 0 saturated heterocycles. The number of aryl methyl sites for hydroxylation is 2. The van der Waals surface area contributed by atoms with E-state index in [1.165, 1.54) is 7.11 Å². The van der Waals surface area contributed by atoms with Gasteiger partial charge in [-0.15, -0.1) is 0 Å². The quantitative estimate of drug-likeness (QED) is 0.503. The second kappa shape index (κ2) is 7.87. The number of nitrogens with one attached hydrogen (secondary N) is 1. The average molecular weight is 399 g/mol. The van der Waals surface area contributed by atoms with Crippen molar-refractivity contribution in [1.29, 1.82) is 0 Å². The van der Waals surface area contributed by atoms with Gasteiger partial charge in [-0.3, -0.25) is 4.79 Å². The van der Waals surface area contributed by atoms with Gasteiger partial charge in [0.2, 0.25) is 5.76 Å². The van der Waals surface area contributed by atoms with Crippen LogP contribution in [0.25, 0.3) is 21.9 Å². The maximum atomic E-state index is 13.3. The standard InChI is InChI=1S/C25H21NO4/c1-15-8-11-17(12-9-15)22-18-6-4-5-7-19(18)25(28)30-23(22)24(27)26-20-14-16(2)10-13-21(20)29-3/h4-14H,1-3H3,(H,26,27). The molecule has 0 unspecified atom stereocenters. The van der Waals surface area contributed by atoms with Gasteiger partial charge in [-0.2, -0.15) is 0 Å². The van der Waals surface area contributed by atoms with Crippen LogP contribution >= 0.6 is 0 Å². The highest BCUT2D eigenvalue weighted by molar-refractivity contribution is 6.12. The first-order chi connectivity index (χ1) is 14.5. The summed E-state index contributed by atoms with van der Waals surface area (Å²) in [5.41, 5.74) is 3.38. The summed E-state index contributed by atoms with van der Waals surface area (Å²) in [6, 6.07) is 20.4. The molecule has 0 radical (unpaired) electrons. The van der Waals surface area contributed by atoms with Crippen molar-refractivity contribution in [3.63, 3.8) is 0 Å². The lowest BCUT2D eigenvalue weighted by Crippen LogP contribution is -2.17. The number of anilines is 1. The van der Waals surface area contributed by atoms with Crippen molar-refractivity contribution < 1.29 is 13.9 Å². The first-order valence-corrected chi connectivity index (χ1v) is 9.57. The molecule has 0 aliphatic rings. The lowest BCUT2D eigenvalue weighted by atomic mass is 9.97. The Bertz CT molecular complexity index is 1300. The summed E-state index contributed by atoms with van der Waals surface area (Å²) < 4.78 is 10.9. The zero-order valence-electron chi connectivity index (χ0n) is 17.0. The Morgan fingerprint density at radius 2 is 1.57 bits per heavy atom. The van der Waals surface area contributed by atoms with Crippen molar-refractivity contribution >= 4 is 22.4 Å². The van der Waals surface area contributed by atoms with E-state index in [1.807, 2.05) is 56.3 Å². The van der Waals surface area contributed by atoms with Gasteiger partial charge >= 0.3 is 5.63 Å². The minimum absolute atomic E-state index is 0.0360. The molecular weight excluding hydrogens is 378 g/mol. The number of ether oxygens (including phenoxy) is 1. The Balaban J connectivity index is 1.91. The van der Waals surface area contributed by atoms with E-state index in [4.69, 9.17) is 9.15 Å². The third-order valence-electron chi connectivity index (χ3n) is 4.99. The van der Waals surface area contributed by atoms with Crippen LogP contribution in [-0.4, -0.2) is 13.0 Å². The van der Waals surface area contributed by atoms with Crippen molar-refractivity contribution in [3.8, 4) is 16.9 Å². The summed E-state index contributed by atoms with van der Waals surface area (Å²) in [6.45, 7) is 3.91. The smallest absolute Gasteiger partial charge is 0.344 e. The first-order valence-electron chi connectivity index (χ1n) is 9.57. The number of benzene rings is 3. The van der Waals surface area contributed by atoms with E-state index in [1.54, 1.807) is 24.3 Å². The molecule has 0 atom stereocenters. The van der Waals surface area contributed by atoms with Crippen LogP contribution in [0.4, 0.5) is 5.69 Å². The molecule has 1 amide bonds. The van der Waals surface area contributed by atoms with E-state index in [2.05, 4.69) is 5.32 Å². The highest BCUT2D eigenvalue weighted by atomic mass is 16.5. The fourth-order valence-corrected chi connectivity index (χ4v) is 3.47. The van der Waals surface area contributed by atoms with Crippen LogP contribution in [-0.2, 0) is 0 Å². The molecule has 1 N–H and O–H groups in total. The van der Waals surface area contributed by atoms with Crippen molar-refractivity contribution in [2.75, 3.05) is 12.4 Å². The molecule has 5 nitrogen and oxygen atoms in total. The molecule has 0 aliphatic heterocycles. The van der Waals surface area contributed by atoms with Gasteiger partial charge in [0.15, 0.2) is 0 Å². The molecule has 0 saturated carbocycles. The Hall–Kier alpha value is -3.86. The predicted octanol–water partition coefficient (Wildman–Crippen LogP) is 5.34. The maximum absolute atomic E-state index is 13.3. The fourth-order valence-electron chi connectivity index (χ4n) is 3.47. The Labute approximate surface area is 173 Å². The Kier molecular flexibility index (Phi) is 5.11. The van der Waals surface area contributed by atoms with Gasteiger partial charge in [-0.05, 0) is 43.2 Å². The van der Waals surface area contributed by atoms with Gasteiger partial charge in [-0.1, -0.05) is 54.1 Å². The molecule has 150 valence electrons. The van der Waals surface area contributed by atoms with Crippen LogP contribution in [0.1, 0.15) is 21.7 Å². The van der Waals surface area contributed by atoms with E-state index in [0.29, 0.717) is 27.8 Å². The summed E-state index contributed by atoms with van der Waals surface area (Å²) in [7, 11) is 1.54. The van der Waals surface area contributed by atoms with Crippen molar-refractivity contribution in [2.45, 2.75) is 13.8 Å².